The number of aromatic nitrogens is 2. The number of hydrogen-bond acceptors (Lipinski definition) is 2. The van der Waals surface area contributed by atoms with Crippen LogP contribution in [0.1, 0.15) is 32.2 Å². The van der Waals surface area contributed by atoms with Crippen LogP contribution >= 0.6 is 0 Å². The Hall–Kier alpha value is -2.95. The Labute approximate surface area is 199 Å². The van der Waals surface area contributed by atoms with Crippen LogP contribution in [0.25, 0.3) is 11.4 Å². The molecule has 0 aliphatic heterocycles. The average molecular weight is 455 g/mol. The van der Waals surface area contributed by atoms with E-state index < -0.39 is 8.32 Å². The second kappa shape index (κ2) is 9.50. The lowest BCUT2D eigenvalue weighted by atomic mass is 10.2. The van der Waals surface area contributed by atoms with Crippen molar-refractivity contribution in [1.82, 2.24) is 9.55 Å². The molecule has 0 saturated heterocycles. The van der Waals surface area contributed by atoms with E-state index >= 15 is 0 Å². The molecule has 4 heteroatoms. The third-order valence-corrected chi connectivity index (χ3v) is 11.6. The van der Waals surface area contributed by atoms with Gasteiger partial charge in [-0.05, 0) is 22.3 Å². The lowest BCUT2D eigenvalue weighted by Crippen LogP contribution is -2.66. The minimum atomic E-state index is -2.52. The summed E-state index contributed by atoms with van der Waals surface area (Å²) in [6, 6.07) is 32.1. The van der Waals surface area contributed by atoms with E-state index in [1.807, 2.05) is 6.07 Å². The summed E-state index contributed by atoms with van der Waals surface area (Å²) in [6.45, 7) is 9.72. The smallest absolute Gasteiger partial charge is 0.261 e. The van der Waals surface area contributed by atoms with Gasteiger partial charge >= 0.3 is 0 Å². The van der Waals surface area contributed by atoms with E-state index in [4.69, 9.17) is 9.41 Å². The van der Waals surface area contributed by atoms with Gasteiger partial charge < -0.3 is 8.99 Å². The van der Waals surface area contributed by atoms with Gasteiger partial charge in [0.25, 0.3) is 8.32 Å². The van der Waals surface area contributed by atoms with Crippen molar-refractivity contribution >= 4 is 18.7 Å². The van der Waals surface area contributed by atoms with Gasteiger partial charge in [0.15, 0.2) is 0 Å². The van der Waals surface area contributed by atoms with Gasteiger partial charge in [-0.3, -0.25) is 0 Å². The number of nitrogens with zero attached hydrogens (tertiary/aromatic N) is 2. The number of imidazole rings is 1. The molecular formula is C29H34N2OSi. The first-order valence-corrected chi connectivity index (χ1v) is 13.6. The lowest BCUT2D eigenvalue weighted by molar-refractivity contribution is 0.299. The lowest BCUT2D eigenvalue weighted by Gasteiger charge is -2.43. The van der Waals surface area contributed by atoms with Crippen LogP contribution in [-0.2, 0) is 17.9 Å². The van der Waals surface area contributed by atoms with Gasteiger partial charge in [-0.2, -0.15) is 0 Å². The van der Waals surface area contributed by atoms with Gasteiger partial charge in [-0.25, -0.2) is 4.98 Å². The molecule has 3 aromatic carbocycles. The fourth-order valence-electron chi connectivity index (χ4n) is 4.93. The van der Waals surface area contributed by atoms with E-state index in [-0.39, 0.29) is 5.04 Å². The summed E-state index contributed by atoms with van der Waals surface area (Å²) in [5, 5.41) is 2.61. The maximum atomic E-state index is 7.09. The van der Waals surface area contributed by atoms with Crippen molar-refractivity contribution in [1.29, 1.82) is 0 Å². The summed E-state index contributed by atoms with van der Waals surface area (Å²) in [7, 11) is -0.413. The van der Waals surface area contributed by atoms with Crippen LogP contribution in [0.2, 0.25) is 5.04 Å². The number of benzene rings is 3. The van der Waals surface area contributed by atoms with Crippen molar-refractivity contribution in [2.45, 2.75) is 39.2 Å². The Kier molecular flexibility index (Phi) is 6.68. The summed E-state index contributed by atoms with van der Waals surface area (Å²) < 4.78 is 9.31. The van der Waals surface area contributed by atoms with Gasteiger partial charge in [-0.1, -0.05) is 112 Å². The van der Waals surface area contributed by atoms with Crippen LogP contribution < -0.4 is 10.4 Å². The van der Waals surface area contributed by atoms with Crippen LogP contribution in [0.5, 0.6) is 0 Å². The molecule has 0 N–H and O–H groups in total. The quantitative estimate of drug-likeness (QED) is 0.344. The first-order chi connectivity index (χ1) is 15.8. The van der Waals surface area contributed by atoms with Crippen LogP contribution in [0.15, 0.2) is 91.0 Å². The van der Waals surface area contributed by atoms with Crippen molar-refractivity contribution < 1.29 is 4.43 Å². The van der Waals surface area contributed by atoms with E-state index in [1.54, 1.807) is 0 Å². The molecule has 170 valence electrons. The zero-order chi connectivity index (χ0) is 23.5. The molecule has 0 atom stereocenters. The van der Waals surface area contributed by atoms with Gasteiger partial charge in [0.05, 0.1) is 5.69 Å². The molecule has 0 amide bonds. The molecule has 0 aliphatic rings. The minimum absolute atomic E-state index is 0.0214. The summed E-state index contributed by atoms with van der Waals surface area (Å²) in [5.74, 6) is 1.01. The second-order valence-corrected chi connectivity index (χ2v) is 14.0. The molecule has 1 aromatic heterocycles. The average Bonchev–Trinajstić information content (AvgIpc) is 3.11. The third kappa shape index (κ3) is 4.46. The number of aryl methyl sites for hydroxylation is 1. The maximum Gasteiger partial charge on any atom is 0.261 e. The molecule has 4 rings (SSSR count). The highest BCUT2D eigenvalue weighted by Crippen LogP contribution is 2.37. The van der Waals surface area contributed by atoms with Crippen molar-refractivity contribution in [3.05, 3.63) is 102 Å². The first-order valence-electron chi connectivity index (χ1n) is 11.7. The normalized spacial score (nSPS) is 12.2. The van der Waals surface area contributed by atoms with Crippen molar-refractivity contribution in [2.24, 2.45) is 7.05 Å². The molecule has 3 nitrogen and oxygen atoms in total. The molecule has 0 saturated carbocycles. The van der Waals surface area contributed by atoms with Crippen molar-refractivity contribution in [3.8, 4) is 11.4 Å². The predicted octanol–water partition coefficient (Wildman–Crippen LogP) is 5.51. The Morgan fingerprint density at radius 2 is 1.27 bits per heavy atom. The van der Waals surface area contributed by atoms with Crippen LogP contribution in [-0.4, -0.2) is 24.5 Å². The largest absolute Gasteiger partial charge is 0.407 e. The molecule has 0 bridgehead atoms. The highest BCUT2D eigenvalue weighted by atomic mass is 28.4. The Balaban J connectivity index is 1.68. The molecule has 4 aromatic rings. The third-order valence-electron chi connectivity index (χ3n) is 6.52. The summed E-state index contributed by atoms with van der Waals surface area (Å²) in [5.41, 5.74) is 3.44. The first kappa shape index (κ1) is 23.2. The van der Waals surface area contributed by atoms with Crippen LogP contribution in [0.3, 0.4) is 0 Å². The molecule has 0 radical (unpaired) electrons. The fourth-order valence-corrected chi connectivity index (χ4v) is 9.49. The van der Waals surface area contributed by atoms with Crippen LogP contribution in [0, 0.1) is 6.92 Å². The van der Waals surface area contributed by atoms with Gasteiger partial charge in [0.2, 0.25) is 0 Å². The Morgan fingerprint density at radius 1 is 0.788 bits per heavy atom. The molecule has 0 spiro atoms. The molecule has 0 aliphatic carbocycles. The molecule has 1 heterocycles. The minimum Gasteiger partial charge on any atom is -0.407 e. The molecule has 33 heavy (non-hydrogen) atoms. The SMILES string of the molecule is Cc1nc(-c2ccccc2)n(C)c1CCO[Si](c1ccccc1)(c1ccccc1)C(C)(C)C. The van der Waals surface area contributed by atoms with Crippen molar-refractivity contribution in [2.75, 3.05) is 6.61 Å². The zero-order valence-corrected chi connectivity index (χ0v) is 21.4. The summed E-state index contributed by atoms with van der Waals surface area (Å²) in [4.78, 5) is 4.88. The van der Waals surface area contributed by atoms with Gasteiger partial charge in [0.1, 0.15) is 5.82 Å². The summed E-state index contributed by atoms with van der Waals surface area (Å²) >= 11 is 0. The Bertz CT molecular complexity index is 1140. The Morgan fingerprint density at radius 3 is 1.76 bits per heavy atom. The van der Waals surface area contributed by atoms with E-state index in [9.17, 15) is 0 Å². The topological polar surface area (TPSA) is 27.1 Å². The zero-order valence-electron chi connectivity index (χ0n) is 20.4. The molecule has 0 unspecified atom stereocenters. The number of hydrogen-bond donors (Lipinski definition) is 0. The maximum absolute atomic E-state index is 7.09. The van der Waals surface area contributed by atoms with E-state index in [1.165, 1.54) is 16.1 Å². The highest BCUT2D eigenvalue weighted by Gasteiger charge is 2.50. The summed E-state index contributed by atoms with van der Waals surface area (Å²) in [6.07, 6.45) is 0.826. The van der Waals surface area contributed by atoms with E-state index in [0.29, 0.717) is 6.61 Å². The van der Waals surface area contributed by atoms with E-state index in [2.05, 4.69) is 124 Å². The monoisotopic (exact) mass is 454 g/mol. The second-order valence-electron chi connectivity index (χ2n) is 9.65. The van der Waals surface area contributed by atoms with Crippen molar-refractivity contribution in [3.63, 3.8) is 0 Å². The highest BCUT2D eigenvalue weighted by molar-refractivity contribution is 6.99. The van der Waals surface area contributed by atoms with Gasteiger partial charge in [0, 0.05) is 31.3 Å². The number of rotatable bonds is 7. The fraction of sp³-hybridized carbons (Fsp3) is 0.276. The van der Waals surface area contributed by atoms with E-state index in [0.717, 1.165) is 23.5 Å². The standard InChI is InChI=1S/C29H34N2OSi/c1-23-27(31(5)28(30-23)24-15-9-6-10-16-24)21-22-32-33(29(2,3)4,25-17-11-7-12-18-25)26-19-13-8-14-20-26/h6-20H,21-22H2,1-5H3. The predicted molar refractivity (Wildman–Crippen MR) is 141 cm³/mol. The molecule has 0 fully saturated rings. The van der Waals surface area contributed by atoms with Gasteiger partial charge in [-0.15, -0.1) is 0 Å². The van der Waals surface area contributed by atoms with Crippen LogP contribution in [0.4, 0.5) is 0 Å². The molecular weight excluding hydrogens is 420 g/mol.